The van der Waals surface area contributed by atoms with Crippen molar-refractivity contribution in [3.63, 3.8) is 0 Å². The number of carbonyl (C=O) groups is 1. The van der Waals surface area contributed by atoms with Crippen LogP contribution < -0.4 is 20.1 Å². The Bertz CT molecular complexity index is 1290. The fraction of sp³-hybridized carbons (Fsp3) is 0.115. The lowest BCUT2D eigenvalue weighted by Gasteiger charge is -2.09. The van der Waals surface area contributed by atoms with Gasteiger partial charge in [-0.15, -0.1) is 10.2 Å². The van der Waals surface area contributed by atoms with Gasteiger partial charge in [-0.25, -0.2) is 0 Å². The van der Waals surface area contributed by atoms with E-state index >= 15 is 0 Å². The molecule has 5 rings (SSSR count). The number of aryl methyl sites for hydroxylation is 1. The van der Waals surface area contributed by atoms with Gasteiger partial charge in [0, 0.05) is 23.4 Å². The lowest BCUT2D eigenvalue weighted by Crippen LogP contribution is -2.22. The van der Waals surface area contributed by atoms with Gasteiger partial charge in [-0.3, -0.25) is 4.79 Å². The number of nitrogens with one attached hydrogen (secondary N) is 2. The fourth-order valence-corrected chi connectivity index (χ4v) is 3.55. The van der Waals surface area contributed by atoms with Crippen molar-refractivity contribution in [2.24, 2.45) is 0 Å². The number of hydrogen-bond donors (Lipinski definition) is 2. The number of ether oxygens (including phenoxy) is 2. The molecule has 1 aliphatic rings. The predicted octanol–water partition coefficient (Wildman–Crippen LogP) is 4.85. The molecule has 0 fully saturated rings. The number of hydrogen-bond acceptors (Lipinski definition) is 6. The molecule has 7 heteroatoms. The largest absolute Gasteiger partial charge is 0.454 e. The summed E-state index contributed by atoms with van der Waals surface area (Å²) in [5, 5.41) is 14.7. The minimum Gasteiger partial charge on any atom is -0.454 e. The number of fused-ring (bicyclic) bond motifs is 1. The predicted molar refractivity (Wildman–Crippen MR) is 126 cm³/mol. The standard InChI is InChI=1S/C26H22N4O3/c1-17-3-2-4-20(13-17)22-10-12-25(30-29-22)28-21-8-6-19(7-9-21)26(31)27-15-18-5-11-23-24(14-18)33-16-32-23/h2-14H,15-16H2,1H3,(H,27,31)(H,28,30). The molecular weight excluding hydrogens is 416 g/mol. The molecule has 0 radical (unpaired) electrons. The first-order valence-corrected chi connectivity index (χ1v) is 10.6. The van der Waals surface area contributed by atoms with Crippen LogP contribution in [0.5, 0.6) is 11.5 Å². The highest BCUT2D eigenvalue weighted by Gasteiger charge is 2.13. The lowest BCUT2D eigenvalue weighted by atomic mass is 10.1. The second-order valence-electron chi connectivity index (χ2n) is 7.75. The highest BCUT2D eigenvalue weighted by Crippen LogP contribution is 2.32. The highest BCUT2D eigenvalue weighted by molar-refractivity contribution is 5.94. The van der Waals surface area contributed by atoms with E-state index in [0.29, 0.717) is 23.7 Å². The van der Waals surface area contributed by atoms with Gasteiger partial charge >= 0.3 is 0 Å². The van der Waals surface area contributed by atoms with Gasteiger partial charge in [0.15, 0.2) is 17.3 Å². The minimum atomic E-state index is -0.151. The summed E-state index contributed by atoms with van der Waals surface area (Å²) in [6, 6.07) is 24.8. The molecule has 1 amide bonds. The first kappa shape index (κ1) is 20.5. The molecule has 1 aliphatic heterocycles. The van der Waals surface area contributed by atoms with Crippen LogP contribution in [0.4, 0.5) is 11.5 Å². The Morgan fingerprint density at radius 2 is 1.76 bits per heavy atom. The number of amides is 1. The average Bonchev–Trinajstić information content (AvgIpc) is 3.31. The number of carbonyl (C=O) groups excluding carboxylic acids is 1. The number of anilines is 2. The summed E-state index contributed by atoms with van der Waals surface area (Å²) in [5.74, 6) is 1.91. The molecule has 3 aromatic carbocycles. The Balaban J connectivity index is 1.18. The van der Waals surface area contributed by atoms with E-state index in [4.69, 9.17) is 9.47 Å². The number of aromatic nitrogens is 2. The smallest absolute Gasteiger partial charge is 0.251 e. The summed E-state index contributed by atoms with van der Waals surface area (Å²) in [6.45, 7) is 2.68. The number of rotatable bonds is 6. The SMILES string of the molecule is Cc1cccc(-c2ccc(Nc3ccc(C(=O)NCc4ccc5c(c4)OCO5)cc3)nn2)c1. The van der Waals surface area contributed by atoms with E-state index in [1.165, 1.54) is 5.56 Å². The molecule has 0 spiro atoms. The second-order valence-corrected chi connectivity index (χ2v) is 7.75. The van der Waals surface area contributed by atoms with Crippen molar-refractivity contribution < 1.29 is 14.3 Å². The van der Waals surface area contributed by atoms with Crippen molar-refractivity contribution >= 4 is 17.4 Å². The van der Waals surface area contributed by atoms with E-state index in [1.807, 2.05) is 67.6 Å². The summed E-state index contributed by atoms with van der Waals surface area (Å²) in [5.41, 5.74) is 5.36. The van der Waals surface area contributed by atoms with Gasteiger partial charge in [0.25, 0.3) is 5.91 Å². The van der Waals surface area contributed by atoms with Gasteiger partial charge in [-0.2, -0.15) is 0 Å². The molecule has 0 saturated carbocycles. The van der Waals surface area contributed by atoms with Crippen LogP contribution in [0, 0.1) is 6.92 Å². The molecule has 2 heterocycles. The maximum absolute atomic E-state index is 12.5. The van der Waals surface area contributed by atoms with E-state index in [2.05, 4.69) is 26.9 Å². The summed E-state index contributed by atoms with van der Waals surface area (Å²) >= 11 is 0. The molecule has 2 N–H and O–H groups in total. The molecular formula is C26H22N4O3. The van der Waals surface area contributed by atoms with E-state index in [-0.39, 0.29) is 12.7 Å². The van der Waals surface area contributed by atoms with Gasteiger partial charge < -0.3 is 20.1 Å². The molecule has 7 nitrogen and oxygen atoms in total. The first-order chi connectivity index (χ1) is 16.1. The van der Waals surface area contributed by atoms with Crippen molar-refractivity contribution in [2.75, 3.05) is 12.1 Å². The Morgan fingerprint density at radius 1 is 0.909 bits per heavy atom. The van der Waals surface area contributed by atoms with Crippen molar-refractivity contribution in [1.82, 2.24) is 15.5 Å². The molecule has 164 valence electrons. The van der Waals surface area contributed by atoms with Crippen molar-refractivity contribution in [1.29, 1.82) is 0 Å². The van der Waals surface area contributed by atoms with Crippen LogP contribution >= 0.6 is 0 Å². The molecule has 1 aromatic heterocycles. The zero-order chi connectivity index (χ0) is 22.6. The molecule has 4 aromatic rings. The van der Waals surface area contributed by atoms with Crippen LogP contribution in [0.1, 0.15) is 21.5 Å². The zero-order valence-corrected chi connectivity index (χ0v) is 18.0. The maximum Gasteiger partial charge on any atom is 0.251 e. The second kappa shape index (κ2) is 9.00. The van der Waals surface area contributed by atoms with Crippen molar-refractivity contribution in [3.8, 4) is 22.8 Å². The van der Waals surface area contributed by atoms with E-state index < -0.39 is 0 Å². The molecule has 0 unspecified atom stereocenters. The van der Waals surface area contributed by atoms with Gasteiger partial charge in [0.2, 0.25) is 6.79 Å². The molecule has 0 bridgehead atoms. The monoisotopic (exact) mass is 438 g/mol. The van der Waals surface area contributed by atoms with Gasteiger partial charge in [-0.1, -0.05) is 29.8 Å². The van der Waals surface area contributed by atoms with Crippen LogP contribution in [-0.2, 0) is 6.54 Å². The Morgan fingerprint density at radius 3 is 2.55 bits per heavy atom. The summed E-state index contributed by atoms with van der Waals surface area (Å²) in [4.78, 5) is 12.5. The van der Waals surface area contributed by atoms with E-state index in [1.54, 1.807) is 12.1 Å². The maximum atomic E-state index is 12.5. The van der Waals surface area contributed by atoms with Crippen LogP contribution in [-0.4, -0.2) is 22.9 Å². The first-order valence-electron chi connectivity index (χ1n) is 10.6. The molecule has 0 aliphatic carbocycles. The van der Waals surface area contributed by atoms with Crippen LogP contribution in [0.3, 0.4) is 0 Å². The van der Waals surface area contributed by atoms with E-state index in [0.717, 1.165) is 28.3 Å². The molecule has 0 saturated heterocycles. The quantitative estimate of drug-likeness (QED) is 0.447. The zero-order valence-electron chi connectivity index (χ0n) is 18.0. The van der Waals surface area contributed by atoms with Crippen LogP contribution in [0.2, 0.25) is 0 Å². The fourth-order valence-electron chi connectivity index (χ4n) is 3.55. The van der Waals surface area contributed by atoms with Crippen molar-refractivity contribution in [2.45, 2.75) is 13.5 Å². The van der Waals surface area contributed by atoms with Crippen LogP contribution in [0.25, 0.3) is 11.3 Å². The van der Waals surface area contributed by atoms with E-state index in [9.17, 15) is 4.79 Å². The third-order valence-corrected chi connectivity index (χ3v) is 5.29. The molecule has 0 atom stereocenters. The Labute approximate surface area is 191 Å². The highest BCUT2D eigenvalue weighted by atomic mass is 16.7. The normalized spacial score (nSPS) is 11.8. The van der Waals surface area contributed by atoms with Crippen LogP contribution in [0.15, 0.2) is 78.9 Å². The summed E-state index contributed by atoms with van der Waals surface area (Å²) in [6.07, 6.45) is 0. The number of nitrogens with zero attached hydrogens (tertiary/aromatic N) is 2. The Hall–Kier alpha value is -4.39. The average molecular weight is 438 g/mol. The topological polar surface area (TPSA) is 85.4 Å². The van der Waals surface area contributed by atoms with Crippen molar-refractivity contribution in [3.05, 3.63) is 95.6 Å². The lowest BCUT2D eigenvalue weighted by molar-refractivity contribution is 0.0951. The third kappa shape index (κ3) is 4.77. The third-order valence-electron chi connectivity index (χ3n) is 5.29. The van der Waals surface area contributed by atoms with Gasteiger partial charge in [0.05, 0.1) is 5.69 Å². The Kier molecular flexibility index (Phi) is 5.59. The summed E-state index contributed by atoms with van der Waals surface area (Å²) < 4.78 is 10.7. The van der Waals surface area contributed by atoms with Gasteiger partial charge in [0.1, 0.15) is 0 Å². The molecule has 33 heavy (non-hydrogen) atoms. The van der Waals surface area contributed by atoms with Gasteiger partial charge in [-0.05, 0) is 67.1 Å². The number of benzene rings is 3. The minimum absolute atomic E-state index is 0.151. The summed E-state index contributed by atoms with van der Waals surface area (Å²) in [7, 11) is 0.